The van der Waals surface area contributed by atoms with Crippen molar-refractivity contribution in [2.75, 3.05) is 26.9 Å². The lowest BCUT2D eigenvalue weighted by atomic mass is 9.94. The number of hydrogen-bond acceptors (Lipinski definition) is 6. The van der Waals surface area contributed by atoms with Gasteiger partial charge in [-0.1, -0.05) is 26.8 Å². The smallest absolute Gasteiger partial charge is 0.218 e. The zero-order valence-corrected chi connectivity index (χ0v) is 20.1. The molecule has 2 heterocycles. The van der Waals surface area contributed by atoms with Crippen molar-refractivity contribution < 1.29 is 13.9 Å². The van der Waals surface area contributed by atoms with Gasteiger partial charge in [-0.05, 0) is 13.0 Å². The standard InChI is InChI=1S/C20H31N5O3.HI/c1-6-21-19(25-14-17-23-13-16(28-17)20(2,3)4)24-12-15-8-7-9-22-18(15)27-11-10-26-5;/h7-9,13H,6,10-12,14H2,1-5H3,(H2,21,24,25);1H. The Labute approximate surface area is 189 Å². The molecule has 0 spiro atoms. The lowest BCUT2D eigenvalue weighted by molar-refractivity contribution is 0.143. The maximum absolute atomic E-state index is 5.82. The van der Waals surface area contributed by atoms with E-state index in [1.807, 2.05) is 19.1 Å². The van der Waals surface area contributed by atoms with Crippen molar-refractivity contribution in [1.29, 1.82) is 0 Å². The number of methoxy groups -OCH3 is 1. The Bertz CT molecular complexity index is 759. The van der Waals surface area contributed by atoms with Crippen LogP contribution in [0.15, 0.2) is 33.9 Å². The molecule has 0 radical (unpaired) electrons. The first kappa shape index (κ1) is 25.2. The Hall–Kier alpha value is -1.88. The minimum atomic E-state index is -0.0661. The zero-order valence-electron chi connectivity index (χ0n) is 17.8. The summed E-state index contributed by atoms with van der Waals surface area (Å²) in [6.07, 6.45) is 3.48. The summed E-state index contributed by atoms with van der Waals surface area (Å²) in [5.41, 5.74) is 0.838. The number of guanidine groups is 1. The van der Waals surface area contributed by atoms with Gasteiger partial charge in [0.15, 0.2) is 5.96 Å². The molecule has 8 nitrogen and oxygen atoms in total. The number of rotatable bonds is 9. The van der Waals surface area contributed by atoms with Gasteiger partial charge in [0.25, 0.3) is 0 Å². The molecule has 0 aromatic carbocycles. The topological polar surface area (TPSA) is 93.8 Å². The first-order valence-electron chi connectivity index (χ1n) is 9.47. The van der Waals surface area contributed by atoms with E-state index in [1.54, 1.807) is 19.5 Å². The molecule has 0 aliphatic rings. The molecule has 0 unspecified atom stereocenters. The summed E-state index contributed by atoms with van der Waals surface area (Å²) >= 11 is 0. The summed E-state index contributed by atoms with van der Waals surface area (Å²) < 4.78 is 16.5. The van der Waals surface area contributed by atoms with Crippen molar-refractivity contribution in [1.82, 2.24) is 20.6 Å². The first-order valence-corrected chi connectivity index (χ1v) is 9.47. The van der Waals surface area contributed by atoms with Crippen LogP contribution in [0.5, 0.6) is 5.88 Å². The molecule has 2 N–H and O–H groups in total. The minimum absolute atomic E-state index is 0. The highest BCUT2D eigenvalue weighted by Crippen LogP contribution is 2.22. The molecule has 0 saturated carbocycles. The summed E-state index contributed by atoms with van der Waals surface area (Å²) in [7, 11) is 1.64. The highest BCUT2D eigenvalue weighted by atomic mass is 127. The van der Waals surface area contributed by atoms with Gasteiger partial charge in [-0.25, -0.2) is 15.0 Å². The zero-order chi connectivity index (χ0) is 20.4. The largest absolute Gasteiger partial charge is 0.475 e. The molecule has 2 rings (SSSR count). The van der Waals surface area contributed by atoms with Crippen LogP contribution in [0.1, 0.15) is 44.9 Å². The number of oxazole rings is 1. The Morgan fingerprint density at radius 1 is 1.21 bits per heavy atom. The lowest BCUT2D eigenvalue weighted by Gasteiger charge is -2.13. The second-order valence-corrected chi connectivity index (χ2v) is 7.23. The van der Waals surface area contributed by atoms with Crippen LogP contribution in [0.3, 0.4) is 0 Å². The predicted octanol–water partition coefficient (Wildman–Crippen LogP) is 3.27. The number of nitrogens with one attached hydrogen (secondary N) is 2. The van der Waals surface area contributed by atoms with E-state index in [-0.39, 0.29) is 29.4 Å². The molecule has 0 bridgehead atoms. The van der Waals surface area contributed by atoms with Crippen molar-refractivity contribution in [2.45, 2.75) is 46.2 Å². The summed E-state index contributed by atoms with van der Waals surface area (Å²) in [6, 6.07) is 3.82. The molecule has 0 aliphatic carbocycles. The molecule has 0 saturated heterocycles. The Balaban J connectivity index is 0.00000420. The van der Waals surface area contributed by atoms with Crippen molar-refractivity contribution in [3.63, 3.8) is 0 Å². The van der Waals surface area contributed by atoms with Gasteiger partial charge in [0.1, 0.15) is 12.4 Å². The number of aromatic nitrogens is 2. The first-order chi connectivity index (χ1) is 13.4. The predicted molar refractivity (Wildman–Crippen MR) is 124 cm³/mol. The van der Waals surface area contributed by atoms with Crippen LogP contribution >= 0.6 is 24.0 Å². The SMILES string of the molecule is CCNC(=NCc1cccnc1OCCOC)NCc1ncc(C(C)(C)C)o1.I. The Morgan fingerprint density at radius 3 is 2.66 bits per heavy atom. The minimum Gasteiger partial charge on any atom is -0.475 e. The van der Waals surface area contributed by atoms with Gasteiger partial charge >= 0.3 is 0 Å². The molecular weight excluding hydrogens is 485 g/mol. The van der Waals surface area contributed by atoms with Crippen molar-refractivity contribution in [3.8, 4) is 5.88 Å². The van der Waals surface area contributed by atoms with Crippen LogP contribution in [0.2, 0.25) is 0 Å². The fourth-order valence-corrected chi connectivity index (χ4v) is 2.30. The maximum Gasteiger partial charge on any atom is 0.218 e. The molecule has 0 amide bonds. The number of ether oxygens (including phenoxy) is 2. The number of aliphatic imine (C=N–C) groups is 1. The molecule has 0 fully saturated rings. The van der Waals surface area contributed by atoms with E-state index >= 15 is 0 Å². The van der Waals surface area contributed by atoms with E-state index in [1.165, 1.54) is 0 Å². The number of pyridine rings is 1. The van der Waals surface area contributed by atoms with E-state index < -0.39 is 0 Å². The van der Waals surface area contributed by atoms with E-state index in [9.17, 15) is 0 Å². The van der Waals surface area contributed by atoms with Crippen molar-refractivity contribution in [2.24, 2.45) is 4.99 Å². The lowest BCUT2D eigenvalue weighted by Crippen LogP contribution is -2.36. The quantitative estimate of drug-likeness (QED) is 0.228. The second kappa shape index (κ2) is 12.6. The van der Waals surface area contributed by atoms with Crippen LogP contribution in [0, 0.1) is 0 Å². The highest BCUT2D eigenvalue weighted by molar-refractivity contribution is 14.0. The van der Waals surface area contributed by atoms with Gasteiger partial charge in [0.05, 0.1) is 25.9 Å². The van der Waals surface area contributed by atoms with Gasteiger partial charge < -0.3 is 24.5 Å². The molecule has 2 aromatic heterocycles. The van der Waals surface area contributed by atoms with E-state index in [2.05, 4.69) is 46.4 Å². The fourth-order valence-electron chi connectivity index (χ4n) is 2.30. The molecule has 0 atom stereocenters. The van der Waals surface area contributed by atoms with Crippen LogP contribution in [-0.2, 0) is 23.2 Å². The molecule has 2 aromatic rings. The third kappa shape index (κ3) is 8.57. The summed E-state index contributed by atoms with van der Waals surface area (Å²) in [5.74, 6) is 2.73. The Morgan fingerprint density at radius 2 is 2.00 bits per heavy atom. The van der Waals surface area contributed by atoms with Gasteiger partial charge in [-0.2, -0.15) is 0 Å². The summed E-state index contributed by atoms with van der Waals surface area (Å²) in [5, 5.41) is 6.47. The van der Waals surface area contributed by atoms with Crippen molar-refractivity contribution in [3.05, 3.63) is 41.7 Å². The van der Waals surface area contributed by atoms with Crippen LogP contribution in [0.4, 0.5) is 0 Å². The number of hydrogen-bond donors (Lipinski definition) is 2. The number of nitrogens with zero attached hydrogens (tertiary/aromatic N) is 3. The average molecular weight is 517 g/mol. The van der Waals surface area contributed by atoms with E-state index in [0.717, 1.165) is 17.9 Å². The molecule has 162 valence electrons. The highest BCUT2D eigenvalue weighted by Gasteiger charge is 2.19. The van der Waals surface area contributed by atoms with Crippen LogP contribution < -0.4 is 15.4 Å². The third-order valence-electron chi connectivity index (χ3n) is 3.83. The molecular formula is C20H32IN5O3. The second-order valence-electron chi connectivity index (χ2n) is 7.23. The van der Waals surface area contributed by atoms with Crippen LogP contribution in [-0.4, -0.2) is 42.8 Å². The van der Waals surface area contributed by atoms with E-state index in [4.69, 9.17) is 13.9 Å². The van der Waals surface area contributed by atoms with Crippen LogP contribution in [0.25, 0.3) is 0 Å². The fraction of sp³-hybridized carbons (Fsp3) is 0.550. The van der Waals surface area contributed by atoms with Gasteiger partial charge in [0.2, 0.25) is 11.8 Å². The number of halogens is 1. The average Bonchev–Trinajstić information content (AvgIpc) is 3.15. The summed E-state index contributed by atoms with van der Waals surface area (Å²) in [6.45, 7) is 10.9. The van der Waals surface area contributed by atoms with Gasteiger partial charge in [0, 0.05) is 30.8 Å². The summed E-state index contributed by atoms with van der Waals surface area (Å²) in [4.78, 5) is 13.2. The van der Waals surface area contributed by atoms with Gasteiger partial charge in [-0.15, -0.1) is 24.0 Å². The Kier molecular flexibility index (Phi) is 11.0. The monoisotopic (exact) mass is 517 g/mol. The van der Waals surface area contributed by atoms with Gasteiger partial charge in [-0.3, -0.25) is 0 Å². The molecule has 9 heteroatoms. The van der Waals surface area contributed by atoms with E-state index in [0.29, 0.717) is 44.0 Å². The molecule has 29 heavy (non-hydrogen) atoms. The third-order valence-corrected chi connectivity index (χ3v) is 3.83. The van der Waals surface area contributed by atoms with Crippen molar-refractivity contribution >= 4 is 29.9 Å². The molecule has 0 aliphatic heterocycles. The normalized spacial score (nSPS) is 11.7. The maximum atomic E-state index is 5.82.